The number of carbonyl (C=O) groups excluding carboxylic acids is 1. The lowest BCUT2D eigenvalue weighted by Gasteiger charge is -2.22. The molecule has 4 aromatic rings. The molecule has 0 saturated carbocycles. The number of amides is 1. The van der Waals surface area contributed by atoms with E-state index in [0.29, 0.717) is 16.5 Å². The van der Waals surface area contributed by atoms with E-state index in [2.05, 4.69) is 20.6 Å². The van der Waals surface area contributed by atoms with Gasteiger partial charge < -0.3 is 15.1 Å². The molecular formula is C24H23FN4O2S. The van der Waals surface area contributed by atoms with Crippen LogP contribution in [-0.4, -0.2) is 15.9 Å². The fourth-order valence-electron chi connectivity index (χ4n) is 3.59. The number of aromatic nitrogens is 2. The largest absolute Gasteiger partial charge is 0.459 e. The van der Waals surface area contributed by atoms with Crippen LogP contribution >= 0.6 is 11.3 Å². The van der Waals surface area contributed by atoms with Gasteiger partial charge in [0.15, 0.2) is 5.76 Å². The molecule has 0 fully saturated rings. The summed E-state index contributed by atoms with van der Waals surface area (Å²) in [7, 11) is 0. The molecule has 1 amide bonds. The average Bonchev–Trinajstić information content (AvgIpc) is 3.36. The Balaban J connectivity index is 1.82. The van der Waals surface area contributed by atoms with Crippen LogP contribution in [0.25, 0.3) is 0 Å². The first-order chi connectivity index (χ1) is 15.3. The lowest BCUT2D eigenvalue weighted by Crippen LogP contribution is -2.19. The molecule has 1 atom stereocenters. The van der Waals surface area contributed by atoms with Gasteiger partial charge in [-0.25, -0.2) is 14.4 Å². The number of halogens is 1. The normalized spacial score (nSPS) is 11.9. The number of rotatable bonds is 6. The first kappa shape index (κ1) is 21.7. The van der Waals surface area contributed by atoms with Gasteiger partial charge in [0.25, 0.3) is 5.91 Å². The van der Waals surface area contributed by atoms with E-state index in [1.807, 2.05) is 33.8 Å². The maximum atomic E-state index is 15.0. The second-order valence-corrected chi connectivity index (χ2v) is 8.76. The van der Waals surface area contributed by atoms with Crippen molar-refractivity contribution < 1.29 is 13.6 Å². The molecule has 0 saturated heterocycles. The molecule has 1 aromatic carbocycles. The fourth-order valence-corrected chi connectivity index (χ4v) is 4.69. The molecule has 8 heteroatoms. The standard InChI is InChI=1S/C24H23FN4O2S/c1-13-12-14(2)27-24(26-13)28-21(17-8-5-6-9-18(17)25)20-15(3)16(4)32-23(20)29-22(30)19-10-7-11-31-19/h5-12,21H,1-4H3,(H,29,30)(H,26,27,28)/t21-/m0/s1. The van der Waals surface area contributed by atoms with E-state index in [1.165, 1.54) is 23.7 Å². The zero-order valence-corrected chi connectivity index (χ0v) is 19.0. The van der Waals surface area contributed by atoms with E-state index in [-0.39, 0.29) is 17.5 Å². The Labute approximate surface area is 189 Å². The van der Waals surface area contributed by atoms with Crippen molar-refractivity contribution in [2.45, 2.75) is 33.7 Å². The van der Waals surface area contributed by atoms with Gasteiger partial charge in [0.2, 0.25) is 5.95 Å². The Morgan fingerprint density at radius 3 is 2.44 bits per heavy atom. The van der Waals surface area contributed by atoms with Crippen molar-refractivity contribution in [2.75, 3.05) is 10.6 Å². The van der Waals surface area contributed by atoms with Gasteiger partial charge in [-0.05, 0) is 57.5 Å². The Morgan fingerprint density at radius 1 is 1.06 bits per heavy atom. The number of hydrogen-bond acceptors (Lipinski definition) is 6. The zero-order valence-electron chi connectivity index (χ0n) is 18.2. The molecule has 0 aliphatic heterocycles. The third-order valence-corrected chi connectivity index (χ3v) is 6.30. The molecule has 4 rings (SSSR count). The van der Waals surface area contributed by atoms with E-state index in [4.69, 9.17) is 4.42 Å². The van der Waals surface area contributed by atoms with Crippen molar-refractivity contribution in [1.82, 2.24) is 9.97 Å². The number of anilines is 2. The number of carbonyl (C=O) groups is 1. The van der Waals surface area contributed by atoms with Crippen LogP contribution in [0, 0.1) is 33.5 Å². The number of aryl methyl sites for hydroxylation is 3. The van der Waals surface area contributed by atoms with Gasteiger partial charge >= 0.3 is 0 Å². The molecule has 0 radical (unpaired) electrons. The first-order valence-corrected chi connectivity index (χ1v) is 10.9. The highest BCUT2D eigenvalue weighted by molar-refractivity contribution is 7.16. The Morgan fingerprint density at radius 2 is 1.78 bits per heavy atom. The van der Waals surface area contributed by atoms with Crippen LogP contribution in [0.5, 0.6) is 0 Å². The van der Waals surface area contributed by atoms with E-state index in [0.717, 1.165) is 27.4 Å². The van der Waals surface area contributed by atoms with Crippen molar-refractivity contribution in [3.05, 3.63) is 93.3 Å². The molecule has 0 aliphatic rings. The minimum Gasteiger partial charge on any atom is -0.459 e. The average molecular weight is 451 g/mol. The van der Waals surface area contributed by atoms with Crippen LogP contribution in [0.3, 0.4) is 0 Å². The molecule has 32 heavy (non-hydrogen) atoms. The molecule has 2 N–H and O–H groups in total. The molecule has 164 valence electrons. The number of furan rings is 1. The van der Waals surface area contributed by atoms with Crippen LogP contribution in [0.4, 0.5) is 15.3 Å². The van der Waals surface area contributed by atoms with E-state index >= 15 is 0 Å². The highest BCUT2D eigenvalue weighted by atomic mass is 32.1. The topological polar surface area (TPSA) is 80.0 Å². The van der Waals surface area contributed by atoms with E-state index in [9.17, 15) is 9.18 Å². The number of hydrogen-bond donors (Lipinski definition) is 2. The SMILES string of the molecule is Cc1cc(C)nc(N[C@@H](c2ccccc2F)c2c(NC(=O)c3ccco3)sc(C)c2C)n1. The second kappa shape index (κ2) is 8.92. The van der Waals surface area contributed by atoms with Gasteiger partial charge in [0.05, 0.1) is 12.3 Å². The number of benzene rings is 1. The smallest absolute Gasteiger partial charge is 0.291 e. The predicted molar refractivity (Wildman–Crippen MR) is 124 cm³/mol. The molecule has 0 unspecified atom stereocenters. The summed E-state index contributed by atoms with van der Waals surface area (Å²) in [5.74, 6) is -0.136. The monoisotopic (exact) mass is 450 g/mol. The van der Waals surface area contributed by atoms with Gasteiger partial charge in [-0.1, -0.05) is 18.2 Å². The second-order valence-electron chi connectivity index (χ2n) is 7.53. The quantitative estimate of drug-likeness (QED) is 0.379. The highest BCUT2D eigenvalue weighted by Gasteiger charge is 2.27. The Hall–Kier alpha value is -3.52. The summed E-state index contributed by atoms with van der Waals surface area (Å²) in [6.45, 7) is 7.69. The maximum Gasteiger partial charge on any atom is 0.291 e. The zero-order chi connectivity index (χ0) is 22.8. The summed E-state index contributed by atoms with van der Waals surface area (Å²) in [5, 5.41) is 6.86. The van der Waals surface area contributed by atoms with Gasteiger partial charge in [0, 0.05) is 27.4 Å². The molecule has 3 heterocycles. The third kappa shape index (κ3) is 4.40. The van der Waals surface area contributed by atoms with Gasteiger partial charge in [-0.3, -0.25) is 4.79 Å². The van der Waals surface area contributed by atoms with E-state index < -0.39 is 6.04 Å². The van der Waals surface area contributed by atoms with Crippen LogP contribution < -0.4 is 10.6 Å². The predicted octanol–water partition coefficient (Wildman–Crippen LogP) is 5.96. The fraction of sp³-hybridized carbons (Fsp3) is 0.208. The van der Waals surface area contributed by atoms with Crippen LogP contribution in [0.2, 0.25) is 0 Å². The molecule has 0 aliphatic carbocycles. The summed E-state index contributed by atoms with van der Waals surface area (Å²) in [6.07, 6.45) is 1.45. The third-order valence-electron chi connectivity index (χ3n) is 5.16. The molecule has 3 aromatic heterocycles. The van der Waals surface area contributed by atoms with Crippen molar-refractivity contribution in [3.63, 3.8) is 0 Å². The summed E-state index contributed by atoms with van der Waals surface area (Å²) in [5.41, 5.74) is 3.76. The van der Waals surface area contributed by atoms with Crippen molar-refractivity contribution in [2.24, 2.45) is 0 Å². The number of nitrogens with one attached hydrogen (secondary N) is 2. The Bertz CT molecular complexity index is 1250. The minimum absolute atomic E-state index is 0.202. The summed E-state index contributed by atoms with van der Waals surface area (Å²) < 4.78 is 20.2. The lowest BCUT2D eigenvalue weighted by atomic mass is 9.96. The van der Waals surface area contributed by atoms with Crippen molar-refractivity contribution >= 4 is 28.2 Å². The summed E-state index contributed by atoms with van der Waals surface area (Å²) in [6, 6.07) is 11.1. The summed E-state index contributed by atoms with van der Waals surface area (Å²) in [4.78, 5) is 22.7. The lowest BCUT2D eigenvalue weighted by molar-refractivity contribution is 0.0997. The van der Waals surface area contributed by atoms with Gasteiger partial charge in [-0.2, -0.15) is 0 Å². The Kier molecular flexibility index (Phi) is 6.05. The van der Waals surface area contributed by atoms with Crippen LogP contribution in [0.1, 0.15) is 49.6 Å². The molecular weight excluding hydrogens is 427 g/mol. The van der Waals surface area contributed by atoms with Gasteiger partial charge in [-0.15, -0.1) is 11.3 Å². The van der Waals surface area contributed by atoms with Crippen molar-refractivity contribution in [3.8, 4) is 0 Å². The molecule has 0 spiro atoms. The number of nitrogens with zero attached hydrogens (tertiary/aromatic N) is 2. The summed E-state index contributed by atoms with van der Waals surface area (Å²) >= 11 is 1.44. The number of thiophene rings is 1. The van der Waals surface area contributed by atoms with Crippen LogP contribution in [0.15, 0.2) is 53.1 Å². The minimum atomic E-state index is -0.616. The van der Waals surface area contributed by atoms with Gasteiger partial charge in [0.1, 0.15) is 10.8 Å². The first-order valence-electron chi connectivity index (χ1n) is 10.1. The maximum absolute atomic E-state index is 15.0. The van der Waals surface area contributed by atoms with Crippen molar-refractivity contribution in [1.29, 1.82) is 0 Å². The highest BCUT2D eigenvalue weighted by Crippen LogP contribution is 2.41. The molecule has 0 bridgehead atoms. The van der Waals surface area contributed by atoms with Crippen LogP contribution in [-0.2, 0) is 0 Å². The molecule has 6 nitrogen and oxygen atoms in total. The van der Waals surface area contributed by atoms with E-state index in [1.54, 1.807) is 30.3 Å².